The van der Waals surface area contributed by atoms with Crippen molar-refractivity contribution in [3.63, 3.8) is 0 Å². The first-order valence-corrected chi connectivity index (χ1v) is 3.86. The zero-order valence-corrected chi connectivity index (χ0v) is 7.44. The second-order valence-electron chi connectivity index (χ2n) is 3.66. The van der Waals surface area contributed by atoms with Crippen LogP contribution in [-0.4, -0.2) is 24.3 Å². The van der Waals surface area contributed by atoms with Crippen molar-refractivity contribution >= 4 is 0 Å². The molecule has 0 aromatic rings. The topological polar surface area (TPSA) is 32.3 Å². The van der Waals surface area contributed by atoms with Gasteiger partial charge < -0.3 is 10.4 Å². The monoisotopic (exact) mass is 145 g/mol. The van der Waals surface area contributed by atoms with Gasteiger partial charge in [0.2, 0.25) is 0 Å². The number of nitrogens with one attached hydrogen (secondary N) is 1. The molecule has 0 aliphatic carbocycles. The van der Waals surface area contributed by atoms with Crippen LogP contribution in [0.25, 0.3) is 0 Å². The summed E-state index contributed by atoms with van der Waals surface area (Å²) < 4.78 is 0. The third-order valence-corrected chi connectivity index (χ3v) is 1.68. The van der Waals surface area contributed by atoms with E-state index in [4.69, 9.17) is 5.11 Å². The molecule has 0 unspecified atom stereocenters. The van der Waals surface area contributed by atoms with E-state index >= 15 is 0 Å². The number of aliphatic hydroxyl groups excluding tert-OH is 1. The van der Waals surface area contributed by atoms with Crippen LogP contribution in [0.2, 0.25) is 0 Å². The zero-order chi connectivity index (χ0) is 8.20. The Kier molecular flexibility index (Phi) is 3.91. The minimum absolute atomic E-state index is 0.157. The lowest BCUT2D eigenvalue weighted by molar-refractivity contribution is 0.161. The average Bonchev–Trinajstić information content (AvgIpc) is 1.80. The van der Waals surface area contributed by atoms with Crippen LogP contribution < -0.4 is 5.32 Å². The molecule has 0 aromatic heterocycles. The van der Waals surface area contributed by atoms with Gasteiger partial charge in [-0.15, -0.1) is 0 Å². The van der Waals surface area contributed by atoms with E-state index in [0.717, 1.165) is 6.54 Å². The molecule has 0 fully saturated rings. The van der Waals surface area contributed by atoms with Gasteiger partial charge in [0, 0.05) is 6.04 Å². The highest BCUT2D eigenvalue weighted by atomic mass is 16.3. The molecule has 2 heteroatoms. The predicted molar refractivity (Wildman–Crippen MR) is 44.0 cm³/mol. The molecule has 0 aliphatic rings. The van der Waals surface area contributed by atoms with Crippen LogP contribution in [0.1, 0.15) is 27.7 Å². The van der Waals surface area contributed by atoms with Gasteiger partial charge in [0.25, 0.3) is 0 Å². The Morgan fingerprint density at radius 1 is 1.40 bits per heavy atom. The number of hydrogen-bond acceptors (Lipinski definition) is 2. The number of rotatable bonds is 3. The van der Waals surface area contributed by atoms with E-state index in [9.17, 15) is 0 Å². The molecule has 0 rings (SSSR count). The van der Waals surface area contributed by atoms with E-state index in [0.29, 0.717) is 0 Å². The van der Waals surface area contributed by atoms with Crippen LogP contribution in [0, 0.1) is 5.41 Å². The molecule has 0 saturated heterocycles. The molecular formula is C8H19NO. The van der Waals surface area contributed by atoms with Crippen molar-refractivity contribution in [1.82, 2.24) is 5.32 Å². The number of likely N-dealkylation sites (N-methyl/N-ethyl adjacent to an activating group) is 1. The summed E-state index contributed by atoms with van der Waals surface area (Å²) in [6.07, 6.45) is 0. The van der Waals surface area contributed by atoms with Crippen LogP contribution in [0.15, 0.2) is 0 Å². The van der Waals surface area contributed by atoms with Crippen molar-refractivity contribution in [1.29, 1.82) is 0 Å². The first-order chi connectivity index (χ1) is 4.52. The highest BCUT2D eigenvalue weighted by molar-refractivity contribution is 4.78. The Labute approximate surface area is 63.6 Å². The molecule has 10 heavy (non-hydrogen) atoms. The number of aliphatic hydroxyl groups is 1. The van der Waals surface area contributed by atoms with E-state index in [1.807, 2.05) is 0 Å². The van der Waals surface area contributed by atoms with Crippen molar-refractivity contribution in [2.24, 2.45) is 5.41 Å². The quantitative estimate of drug-likeness (QED) is 0.621. The summed E-state index contributed by atoms with van der Waals surface area (Å²) in [6.45, 7) is 9.55. The van der Waals surface area contributed by atoms with Crippen molar-refractivity contribution in [3.05, 3.63) is 0 Å². The summed E-state index contributed by atoms with van der Waals surface area (Å²) in [4.78, 5) is 0. The third kappa shape index (κ3) is 3.18. The van der Waals surface area contributed by atoms with Crippen molar-refractivity contribution in [3.8, 4) is 0 Å². The third-order valence-electron chi connectivity index (χ3n) is 1.68. The van der Waals surface area contributed by atoms with Gasteiger partial charge in [0.1, 0.15) is 0 Å². The SMILES string of the molecule is CCN[C@H](CO)C(C)(C)C. The van der Waals surface area contributed by atoms with Gasteiger partial charge in [-0.1, -0.05) is 27.7 Å². The highest BCUT2D eigenvalue weighted by Gasteiger charge is 2.22. The minimum atomic E-state index is 0.157. The van der Waals surface area contributed by atoms with Gasteiger partial charge in [0.05, 0.1) is 6.61 Å². The summed E-state index contributed by atoms with van der Waals surface area (Å²) >= 11 is 0. The molecular weight excluding hydrogens is 126 g/mol. The first-order valence-electron chi connectivity index (χ1n) is 3.86. The number of hydrogen-bond donors (Lipinski definition) is 2. The maximum absolute atomic E-state index is 8.93. The summed E-state index contributed by atoms with van der Waals surface area (Å²) in [6, 6.07) is 0.220. The molecule has 1 atom stereocenters. The smallest absolute Gasteiger partial charge is 0.0589 e. The lowest BCUT2D eigenvalue weighted by Gasteiger charge is -2.29. The van der Waals surface area contributed by atoms with E-state index in [2.05, 4.69) is 33.0 Å². The lowest BCUT2D eigenvalue weighted by Crippen LogP contribution is -2.42. The molecule has 0 radical (unpaired) electrons. The Hall–Kier alpha value is -0.0800. The van der Waals surface area contributed by atoms with Crippen LogP contribution in [0.3, 0.4) is 0 Å². The molecule has 0 bridgehead atoms. The zero-order valence-electron chi connectivity index (χ0n) is 7.44. The molecule has 2 N–H and O–H groups in total. The van der Waals surface area contributed by atoms with Gasteiger partial charge in [-0.2, -0.15) is 0 Å². The summed E-state index contributed by atoms with van der Waals surface area (Å²) in [5, 5.41) is 12.2. The summed E-state index contributed by atoms with van der Waals surface area (Å²) in [5.41, 5.74) is 0.157. The van der Waals surface area contributed by atoms with E-state index in [-0.39, 0.29) is 18.1 Å². The van der Waals surface area contributed by atoms with Crippen LogP contribution in [-0.2, 0) is 0 Å². The van der Waals surface area contributed by atoms with E-state index in [1.54, 1.807) is 0 Å². The molecule has 0 aliphatic heterocycles. The first kappa shape index (κ1) is 9.92. The van der Waals surface area contributed by atoms with Crippen LogP contribution >= 0.6 is 0 Å². The molecule has 0 spiro atoms. The molecule has 0 amide bonds. The van der Waals surface area contributed by atoms with Crippen molar-refractivity contribution in [2.75, 3.05) is 13.2 Å². The largest absolute Gasteiger partial charge is 0.395 e. The molecule has 0 saturated carbocycles. The van der Waals surface area contributed by atoms with E-state index < -0.39 is 0 Å². The Morgan fingerprint density at radius 3 is 2.00 bits per heavy atom. The van der Waals surface area contributed by atoms with Crippen molar-refractivity contribution in [2.45, 2.75) is 33.7 Å². The highest BCUT2D eigenvalue weighted by Crippen LogP contribution is 2.18. The fraction of sp³-hybridized carbons (Fsp3) is 1.00. The fourth-order valence-electron chi connectivity index (χ4n) is 0.891. The lowest BCUT2D eigenvalue weighted by atomic mass is 9.87. The van der Waals surface area contributed by atoms with Crippen LogP contribution in [0.5, 0.6) is 0 Å². The van der Waals surface area contributed by atoms with Crippen molar-refractivity contribution < 1.29 is 5.11 Å². The predicted octanol–water partition coefficient (Wildman–Crippen LogP) is 1.00. The molecule has 2 nitrogen and oxygen atoms in total. The van der Waals surface area contributed by atoms with Gasteiger partial charge in [-0.25, -0.2) is 0 Å². The standard InChI is InChI=1S/C8H19NO/c1-5-9-7(6-10)8(2,3)4/h7,9-10H,5-6H2,1-4H3/t7-/m1/s1. The van der Waals surface area contributed by atoms with Gasteiger partial charge >= 0.3 is 0 Å². The fourth-order valence-corrected chi connectivity index (χ4v) is 0.891. The van der Waals surface area contributed by atoms with Gasteiger partial charge in [-0.3, -0.25) is 0 Å². The second kappa shape index (κ2) is 3.94. The van der Waals surface area contributed by atoms with Gasteiger partial charge in [0.15, 0.2) is 0 Å². The summed E-state index contributed by atoms with van der Waals surface area (Å²) in [5.74, 6) is 0. The van der Waals surface area contributed by atoms with Gasteiger partial charge in [-0.05, 0) is 12.0 Å². The summed E-state index contributed by atoms with van der Waals surface area (Å²) in [7, 11) is 0. The van der Waals surface area contributed by atoms with Crippen LogP contribution in [0.4, 0.5) is 0 Å². The normalized spacial score (nSPS) is 15.3. The molecule has 0 heterocycles. The Balaban J connectivity index is 3.81. The molecule has 0 aromatic carbocycles. The Bertz CT molecular complexity index is 85.7. The maximum atomic E-state index is 8.93. The average molecular weight is 145 g/mol. The van der Waals surface area contributed by atoms with E-state index in [1.165, 1.54) is 0 Å². The second-order valence-corrected chi connectivity index (χ2v) is 3.66. The minimum Gasteiger partial charge on any atom is -0.395 e. The maximum Gasteiger partial charge on any atom is 0.0589 e. The molecule has 62 valence electrons. The Morgan fingerprint density at radius 2 is 1.90 bits per heavy atom.